The largest absolute Gasteiger partial charge is 0.416 e. The second-order valence-electron chi connectivity index (χ2n) is 8.14. The van der Waals surface area contributed by atoms with Gasteiger partial charge in [0.25, 0.3) is 0 Å². The molecule has 1 aliphatic heterocycles. The summed E-state index contributed by atoms with van der Waals surface area (Å²) in [7, 11) is 0. The standard InChI is InChI=1S/C23H22F3N5O2S/c1-13-6-7-14(2)18(8-13)31-19(10-17-11-20(32)28-21(33)27-17)29-30-22(31)34-12-15-4-3-5-16(9-15)23(24,25)26/h3-9,17H,10-12H2,1-2H3,(H2,27,28,32,33). The Bertz CT molecular complexity index is 1230. The van der Waals surface area contributed by atoms with Gasteiger partial charge in [0, 0.05) is 24.6 Å². The Morgan fingerprint density at radius 2 is 1.91 bits per heavy atom. The minimum atomic E-state index is -4.41. The molecular weight excluding hydrogens is 467 g/mol. The Morgan fingerprint density at radius 1 is 1.12 bits per heavy atom. The van der Waals surface area contributed by atoms with E-state index in [0.717, 1.165) is 28.9 Å². The zero-order valence-corrected chi connectivity index (χ0v) is 19.3. The number of hydrogen-bond acceptors (Lipinski definition) is 5. The van der Waals surface area contributed by atoms with E-state index in [1.165, 1.54) is 17.8 Å². The zero-order chi connectivity index (χ0) is 24.5. The van der Waals surface area contributed by atoms with Gasteiger partial charge in [-0.3, -0.25) is 14.7 Å². The maximum atomic E-state index is 13.1. The smallest absolute Gasteiger partial charge is 0.334 e. The molecule has 2 heterocycles. The molecule has 2 aromatic carbocycles. The molecule has 2 N–H and O–H groups in total. The number of hydrogen-bond donors (Lipinski definition) is 2. The van der Waals surface area contributed by atoms with Crippen molar-refractivity contribution in [2.75, 3.05) is 0 Å². The number of nitrogens with one attached hydrogen (secondary N) is 2. The lowest BCUT2D eigenvalue weighted by atomic mass is 10.1. The van der Waals surface area contributed by atoms with Crippen molar-refractivity contribution in [2.45, 2.75) is 49.8 Å². The van der Waals surface area contributed by atoms with Gasteiger partial charge in [-0.15, -0.1) is 10.2 Å². The number of carbonyl (C=O) groups excluding carboxylic acids is 2. The van der Waals surface area contributed by atoms with Gasteiger partial charge in [0.1, 0.15) is 5.82 Å². The van der Waals surface area contributed by atoms with E-state index < -0.39 is 23.8 Å². The van der Waals surface area contributed by atoms with Gasteiger partial charge in [0.15, 0.2) is 5.16 Å². The third-order valence-electron chi connectivity index (χ3n) is 5.38. The highest BCUT2D eigenvalue weighted by atomic mass is 32.2. The van der Waals surface area contributed by atoms with Gasteiger partial charge >= 0.3 is 12.2 Å². The number of nitrogens with zero attached hydrogens (tertiary/aromatic N) is 3. The molecule has 34 heavy (non-hydrogen) atoms. The zero-order valence-electron chi connectivity index (χ0n) is 18.4. The van der Waals surface area contributed by atoms with Crippen molar-refractivity contribution in [3.05, 3.63) is 70.5 Å². The number of aryl methyl sites for hydroxylation is 2. The second kappa shape index (κ2) is 9.49. The number of alkyl halides is 3. The Balaban J connectivity index is 1.65. The Kier molecular flexibility index (Phi) is 6.65. The molecule has 1 saturated heterocycles. The molecule has 1 aliphatic rings. The van der Waals surface area contributed by atoms with Gasteiger partial charge < -0.3 is 5.32 Å². The van der Waals surface area contributed by atoms with E-state index >= 15 is 0 Å². The number of rotatable bonds is 6. The van der Waals surface area contributed by atoms with Crippen LogP contribution in [0.2, 0.25) is 0 Å². The average Bonchev–Trinajstić information content (AvgIpc) is 3.15. The quantitative estimate of drug-likeness (QED) is 0.503. The minimum Gasteiger partial charge on any atom is -0.334 e. The van der Waals surface area contributed by atoms with Crippen LogP contribution in [0.1, 0.15) is 34.5 Å². The van der Waals surface area contributed by atoms with Crippen molar-refractivity contribution in [2.24, 2.45) is 0 Å². The van der Waals surface area contributed by atoms with Gasteiger partial charge in [-0.1, -0.05) is 42.1 Å². The van der Waals surface area contributed by atoms with Crippen LogP contribution in [0.3, 0.4) is 0 Å². The molecule has 0 radical (unpaired) electrons. The molecule has 7 nitrogen and oxygen atoms in total. The molecule has 0 bridgehead atoms. The first-order chi connectivity index (χ1) is 16.1. The maximum absolute atomic E-state index is 13.1. The maximum Gasteiger partial charge on any atom is 0.416 e. The Morgan fingerprint density at radius 3 is 2.65 bits per heavy atom. The van der Waals surface area contributed by atoms with Crippen molar-refractivity contribution in [3.8, 4) is 5.69 Å². The van der Waals surface area contributed by atoms with Gasteiger partial charge in [-0.05, 0) is 42.7 Å². The van der Waals surface area contributed by atoms with Crippen LogP contribution < -0.4 is 10.6 Å². The monoisotopic (exact) mass is 489 g/mol. The molecule has 1 fully saturated rings. The van der Waals surface area contributed by atoms with Crippen molar-refractivity contribution < 1.29 is 22.8 Å². The molecule has 0 spiro atoms. The summed E-state index contributed by atoms with van der Waals surface area (Å²) in [5.41, 5.74) is 2.61. The highest BCUT2D eigenvalue weighted by Crippen LogP contribution is 2.32. The van der Waals surface area contributed by atoms with E-state index in [9.17, 15) is 22.8 Å². The normalized spacial score (nSPS) is 16.3. The lowest BCUT2D eigenvalue weighted by Crippen LogP contribution is -2.53. The Hall–Kier alpha value is -3.34. The summed E-state index contributed by atoms with van der Waals surface area (Å²) in [4.78, 5) is 23.5. The third kappa shape index (κ3) is 5.41. The molecule has 11 heteroatoms. The van der Waals surface area contributed by atoms with Crippen molar-refractivity contribution in [3.63, 3.8) is 0 Å². The number of benzene rings is 2. The average molecular weight is 490 g/mol. The van der Waals surface area contributed by atoms with Crippen molar-refractivity contribution in [1.82, 2.24) is 25.4 Å². The molecule has 0 saturated carbocycles. The van der Waals surface area contributed by atoms with Crippen LogP contribution in [-0.4, -0.2) is 32.7 Å². The van der Waals surface area contributed by atoms with Gasteiger partial charge in [0.2, 0.25) is 5.91 Å². The number of carbonyl (C=O) groups is 2. The van der Waals surface area contributed by atoms with Gasteiger partial charge in [-0.25, -0.2) is 4.79 Å². The van der Waals surface area contributed by atoms with Crippen molar-refractivity contribution in [1.29, 1.82) is 0 Å². The van der Waals surface area contributed by atoms with E-state index in [0.29, 0.717) is 16.5 Å². The number of imide groups is 1. The van der Waals surface area contributed by atoms with E-state index in [1.54, 1.807) is 6.07 Å². The summed E-state index contributed by atoms with van der Waals surface area (Å²) in [6, 6.07) is 10.1. The molecular formula is C23H22F3N5O2S. The van der Waals surface area contributed by atoms with Crippen LogP contribution in [0.15, 0.2) is 47.6 Å². The lowest BCUT2D eigenvalue weighted by Gasteiger charge is -2.23. The van der Waals surface area contributed by atoms with Crippen LogP contribution in [0.25, 0.3) is 5.69 Å². The summed E-state index contributed by atoms with van der Waals surface area (Å²) in [6.07, 6.45) is -4.04. The first-order valence-corrected chi connectivity index (χ1v) is 11.5. The SMILES string of the molecule is Cc1ccc(C)c(-n2c(CC3CC(=O)NC(=O)N3)nnc2SCc2cccc(C(F)(F)F)c2)c1. The van der Waals surface area contributed by atoms with Crippen LogP contribution in [0.5, 0.6) is 0 Å². The van der Waals surface area contributed by atoms with Crippen LogP contribution >= 0.6 is 11.8 Å². The third-order valence-corrected chi connectivity index (χ3v) is 6.38. The number of thioether (sulfide) groups is 1. The van der Waals surface area contributed by atoms with Crippen LogP contribution in [0.4, 0.5) is 18.0 Å². The number of aromatic nitrogens is 3. The molecule has 1 unspecified atom stereocenters. The summed E-state index contributed by atoms with van der Waals surface area (Å²) in [5, 5.41) is 14.0. The van der Waals surface area contributed by atoms with E-state index in [1.807, 2.05) is 36.6 Å². The second-order valence-corrected chi connectivity index (χ2v) is 9.08. The lowest BCUT2D eigenvalue weighted by molar-refractivity contribution is -0.137. The number of urea groups is 1. The fourth-order valence-corrected chi connectivity index (χ4v) is 4.64. The van der Waals surface area contributed by atoms with Crippen molar-refractivity contribution >= 4 is 23.7 Å². The van der Waals surface area contributed by atoms with Crippen LogP contribution in [0, 0.1) is 13.8 Å². The minimum absolute atomic E-state index is 0.109. The summed E-state index contributed by atoms with van der Waals surface area (Å²) < 4.78 is 41.1. The van der Waals surface area contributed by atoms with Gasteiger partial charge in [-0.2, -0.15) is 13.2 Å². The van der Waals surface area contributed by atoms with Gasteiger partial charge in [0.05, 0.1) is 11.3 Å². The topological polar surface area (TPSA) is 88.9 Å². The first-order valence-electron chi connectivity index (χ1n) is 10.5. The molecule has 1 aromatic heterocycles. The van der Waals surface area contributed by atoms with E-state index in [-0.39, 0.29) is 24.5 Å². The summed E-state index contributed by atoms with van der Waals surface area (Å²) in [6.45, 7) is 3.89. The fraction of sp³-hybridized carbons (Fsp3) is 0.304. The molecule has 178 valence electrons. The number of amides is 3. The molecule has 0 aliphatic carbocycles. The Labute approximate surface area is 198 Å². The predicted octanol–water partition coefficient (Wildman–Crippen LogP) is 4.34. The van der Waals surface area contributed by atoms with E-state index in [2.05, 4.69) is 20.8 Å². The highest BCUT2D eigenvalue weighted by Gasteiger charge is 2.30. The van der Waals surface area contributed by atoms with E-state index in [4.69, 9.17) is 0 Å². The molecule has 4 rings (SSSR count). The summed E-state index contributed by atoms with van der Waals surface area (Å²) >= 11 is 1.27. The predicted molar refractivity (Wildman–Crippen MR) is 121 cm³/mol. The highest BCUT2D eigenvalue weighted by molar-refractivity contribution is 7.98. The molecule has 3 aromatic rings. The first kappa shape index (κ1) is 23.8. The number of halogens is 3. The fourth-order valence-electron chi connectivity index (χ4n) is 3.73. The van der Waals surface area contributed by atoms with Crippen LogP contribution in [-0.2, 0) is 23.1 Å². The summed E-state index contributed by atoms with van der Waals surface area (Å²) in [5.74, 6) is 0.432. The molecule has 3 amide bonds. The molecule has 1 atom stereocenters.